The van der Waals surface area contributed by atoms with Crippen molar-refractivity contribution >= 4 is 48.9 Å². The fourth-order valence-electron chi connectivity index (χ4n) is 1.50. The summed E-state index contributed by atoms with van der Waals surface area (Å²) in [4.78, 5) is -0.210. The van der Waals surface area contributed by atoms with Crippen LogP contribution in [0.3, 0.4) is 0 Å². The molecule has 0 bridgehead atoms. The van der Waals surface area contributed by atoms with Crippen molar-refractivity contribution in [2.24, 2.45) is 0 Å². The van der Waals surface area contributed by atoms with E-state index in [0.717, 1.165) is 6.07 Å². The first-order chi connectivity index (χ1) is 9.29. The molecule has 0 saturated heterocycles. The highest BCUT2D eigenvalue weighted by Gasteiger charge is 2.20. The lowest BCUT2D eigenvalue weighted by molar-refractivity contribution is 0.598. The standard InChI is InChI=1S/C12H9BrClFN2O2S/c13-7-1-4-10(15)11(5-7)17-20(18,19)12-6-8(16)2-3-9(12)14/h1-6,17H,16H2. The molecule has 20 heavy (non-hydrogen) atoms. The molecule has 0 fully saturated rings. The van der Waals surface area contributed by atoms with Gasteiger partial charge in [-0.3, -0.25) is 4.72 Å². The van der Waals surface area contributed by atoms with Crippen molar-refractivity contribution in [1.29, 1.82) is 0 Å². The Morgan fingerprint density at radius 1 is 1.20 bits per heavy atom. The van der Waals surface area contributed by atoms with E-state index < -0.39 is 15.8 Å². The van der Waals surface area contributed by atoms with Gasteiger partial charge < -0.3 is 5.73 Å². The monoisotopic (exact) mass is 378 g/mol. The van der Waals surface area contributed by atoms with Crippen LogP contribution in [0, 0.1) is 5.82 Å². The van der Waals surface area contributed by atoms with Gasteiger partial charge in [-0.2, -0.15) is 0 Å². The second-order valence-corrected chi connectivity index (χ2v) is 6.89. The fourth-order valence-corrected chi connectivity index (χ4v) is 3.46. The van der Waals surface area contributed by atoms with Crippen molar-refractivity contribution in [2.45, 2.75) is 4.90 Å². The molecule has 2 aromatic rings. The minimum absolute atomic E-state index is 0.00195. The van der Waals surface area contributed by atoms with Gasteiger partial charge in [0.1, 0.15) is 10.7 Å². The molecule has 0 spiro atoms. The molecule has 2 aromatic carbocycles. The third-order valence-corrected chi connectivity index (χ3v) is 4.76. The maximum absolute atomic E-state index is 13.6. The van der Waals surface area contributed by atoms with Gasteiger partial charge in [0.2, 0.25) is 0 Å². The molecule has 4 nitrogen and oxygen atoms in total. The third-order valence-electron chi connectivity index (χ3n) is 2.42. The molecule has 0 amide bonds. The predicted octanol–water partition coefficient (Wildman–Crippen LogP) is 3.62. The Morgan fingerprint density at radius 2 is 1.90 bits per heavy atom. The van der Waals surface area contributed by atoms with E-state index in [1.807, 2.05) is 0 Å². The second-order valence-electron chi connectivity index (χ2n) is 3.92. The van der Waals surface area contributed by atoms with Gasteiger partial charge in [-0.25, -0.2) is 12.8 Å². The second kappa shape index (κ2) is 5.59. The van der Waals surface area contributed by atoms with Crippen LogP contribution in [0.5, 0.6) is 0 Å². The minimum atomic E-state index is -4.03. The van der Waals surface area contributed by atoms with Crippen LogP contribution >= 0.6 is 27.5 Å². The largest absolute Gasteiger partial charge is 0.399 e. The number of nitrogen functional groups attached to an aromatic ring is 1. The lowest BCUT2D eigenvalue weighted by atomic mass is 10.3. The average Bonchev–Trinajstić information content (AvgIpc) is 2.36. The molecule has 8 heteroatoms. The van der Waals surface area contributed by atoms with Crippen molar-refractivity contribution in [1.82, 2.24) is 0 Å². The quantitative estimate of drug-likeness (QED) is 0.800. The summed E-state index contributed by atoms with van der Waals surface area (Å²) < 4.78 is 40.7. The van der Waals surface area contributed by atoms with E-state index in [1.165, 1.54) is 30.3 Å². The Bertz CT molecular complexity index is 768. The summed E-state index contributed by atoms with van der Waals surface area (Å²) in [5.41, 5.74) is 5.60. The van der Waals surface area contributed by atoms with Crippen LogP contribution in [0.4, 0.5) is 15.8 Å². The number of sulfonamides is 1. The maximum atomic E-state index is 13.6. The van der Waals surface area contributed by atoms with Crippen molar-refractivity contribution in [3.05, 3.63) is 51.7 Å². The van der Waals surface area contributed by atoms with Crippen LogP contribution in [0.2, 0.25) is 5.02 Å². The van der Waals surface area contributed by atoms with Crippen LogP contribution in [-0.4, -0.2) is 8.42 Å². The minimum Gasteiger partial charge on any atom is -0.399 e. The lowest BCUT2D eigenvalue weighted by Crippen LogP contribution is -2.14. The molecule has 2 rings (SSSR count). The molecule has 0 aliphatic rings. The smallest absolute Gasteiger partial charge is 0.263 e. The van der Waals surface area contributed by atoms with Gasteiger partial charge in [-0.1, -0.05) is 27.5 Å². The van der Waals surface area contributed by atoms with Gasteiger partial charge in [0.15, 0.2) is 0 Å². The first-order valence-electron chi connectivity index (χ1n) is 5.32. The van der Waals surface area contributed by atoms with Gasteiger partial charge in [0, 0.05) is 10.2 Å². The van der Waals surface area contributed by atoms with Gasteiger partial charge in [0.05, 0.1) is 10.7 Å². The van der Waals surface area contributed by atoms with Crippen LogP contribution in [0.1, 0.15) is 0 Å². The van der Waals surface area contributed by atoms with E-state index in [-0.39, 0.29) is 21.3 Å². The molecule has 0 unspecified atom stereocenters. The van der Waals surface area contributed by atoms with E-state index in [0.29, 0.717) is 4.47 Å². The number of hydrogen-bond acceptors (Lipinski definition) is 3. The van der Waals surface area contributed by atoms with Crippen LogP contribution in [0.25, 0.3) is 0 Å². The topological polar surface area (TPSA) is 72.2 Å². The van der Waals surface area contributed by atoms with E-state index in [2.05, 4.69) is 20.7 Å². The zero-order valence-electron chi connectivity index (χ0n) is 9.90. The number of benzene rings is 2. The van der Waals surface area contributed by atoms with Crippen molar-refractivity contribution in [3.63, 3.8) is 0 Å². The average molecular weight is 380 g/mol. The molecule has 106 valence electrons. The molecule has 0 atom stereocenters. The third kappa shape index (κ3) is 3.23. The van der Waals surface area contributed by atoms with Gasteiger partial charge in [-0.15, -0.1) is 0 Å². The summed E-state index contributed by atoms with van der Waals surface area (Å²) in [6, 6.07) is 7.96. The first kappa shape index (κ1) is 15.1. The Hall–Kier alpha value is -1.31. The normalized spacial score (nSPS) is 11.3. The van der Waals surface area contributed by atoms with Crippen LogP contribution in [0.15, 0.2) is 45.8 Å². The molecule has 0 heterocycles. The molecular formula is C12H9BrClFN2O2S. The van der Waals surface area contributed by atoms with Gasteiger partial charge in [0.25, 0.3) is 10.0 Å². The number of rotatable bonds is 3. The maximum Gasteiger partial charge on any atom is 0.263 e. The Kier molecular flexibility index (Phi) is 4.22. The summed E-state index contributed by atoms with van der Waals surface area (Å²) >= 11 is 8.98. The lowest BCUT2D eigenvalue weighted by Gasteiger charge is -2.11. The van der Waals surface area contributed by atoms with Crippen LogP contribution < -0.4 is 10.5 Å². The molecule has 0 aromatic heterocycles. The molecule has 0 aliphatic heterocycles. The van der Waals surface area contributed by atoms with E-state index >= 15 is 0 Å². The van der Waals surface area contributed by atoms with Gasteiger partial charge >= 0.3 is 0 Å². The number of anilines is 2. The van der Waals surface area contributed by atoms with Crippen molar-refractivity contribution < 1.29 is 12.8 Å². The van der Waals surface area contributed by atoms with E-state index in [4.69, 9.17) is 17.3 Å². The summed E-state index contributed by atoms with van der Waals surface area (Å²) in [7, 11) is -4.03. The molecule has 3 N–H and O–H groups in total. The predicted molar refractivity (Wildman–Crippen MR) is 80.8 cm³/mol. The zero-order chi connectivity index (χ0) is 14.9. The zero-order valence-corrected chi connectivity index (χ0v) is 13.1. The molecular weight excluding hydrogens is 371 g/mol. The van der Waals surface area contributed by atoms with E-state index in [1.54, 1.807) is 0 Å². The van der Waals surface area contributed by atoms with E-state index in [9.17, 15) is 12.8 Å². The summed E-state index contributed by atoms with van der Waals surface area (Å²) in [6.07, 6.45) is 0. The molecule has 0 radical (unpaired) electrons. The Balaban J connectivity index is 2.46. The molecule has 0 saturated carbocycles. The SMILES string of the molecule is Nc1ccc(Cl)c(S(=O)(=O)Nc2cc(Br)ccc2F)c1. The number of halogens is 3. The summed E-state index contributed by atoms with van der Waals surface area (Å²) in [6.45, 7) is 0. The highest BCUT2D eigenvalue weighted by atomic mass is 79.9. The van der Waals surface area contributed by atoms with Crippen molar-refractivity contribution in [3.8, 4) is 0 Å². The highest BCUT2D eigenvalue weighted by molar-refractivity contribution is 9.10. The number of nitrogens with one attached hydrogen (secondary N) is 1. The Labute approximate surface area is 128 Å². The Morgan fingerprint density at radius 3 is 2.60 bits per heavy atom. The van der Waals surface area contributed by atoms with Crippen molar-refractivity contribution in [2.75, 3.05) is 10.5 Å². The highest BCUT2D eigenvalue weighted by Crippen LogP contribution is 2.27. The fraction of sp³-hybridized carbons (Fsp3) is 0. The summed E-state index contributed by atoms with van der Waals surface area (Å²) in [5.74, 6) is -0.697. The van der Waals surface area contributed by atoms with Gasteiger partial charge in [-0.05, 0) is 36.4 Å². The number of hydrogen-bond donors (Lipinski definition) is 2. The number of nitrogens with two attached hydrogens (primary N) is 1. The first-order valence-corrected chi connectivity index (χ1v) is 7.98. The van der Waals surface area contributed by atoms with Crippen LogP contribution in [-0.2, 0) is 10.0 Å². The summed E-state index contributed by atoms with van der Waals surface area (Å²) in [5, 5.41) is 0.00195. The molecule has 0 aliphatic carbocycles.